The molecule has 3 N–H and O–H groups in total. The number of anilines is 1. The van der Waals surface area contributed by atoms with Crippen LogP contribution in [0.4, 0.5) is 5.69 Å². The number of hydrogen-bond acceptors (Lipinski definition) is 3. The summed E-state index contributed by atoms with van der Waals surface area (Å²) < 4.78 is 0. The third kappa shape index (κ3) is 4.31. The van der Waals surface area contributed by atoms with Crippen molar-refractivity contribution in [2.45, 2.75) is 32.2 Å². The van der Waals surface area contributed by atoms with Crippen LogP contribution in [-0.4, -0.2) is 10.9 Å². The highest BCUT2D eigenvalue weighted by Gasteiger charge is 2.14. The Bertz CT molecular complexity index is 581. The van der Waals surface area contributed by atoms with Gasteiger partial charge >= 0.3 is 0 Å². The van der Waals surface area contributed by atoms with Crippen molar-refractivity contribution in [2.75, 3.05) is 5.73 Å². The lowest BCUT2D eigenvalue weighted by Crippen LogP contribution is -2.28. The molecule has 2 aromatic rings. The normalized spacial score (nSPS) is 13.4. The maximum atomic E-state index is 12.1. The van der Waals surface area contributed by atoms with Gasteiger partial charge in [0.1, 0.15) is 0 Å². The molecular formula is C17H21N3O. The van der Waals surface area contributed by atoms with E-state index in [1.165, 1.54) is 0 Å². The number of hydrogen-bond donors (Lipinski definition) is 2. The average molecular weight is 283 g/mol. The second-order valence-corrected chi connectivity index (χ2v) is 5.32. The van der Waals surface area contributed by atoms with Crippen LogP contribution in [0.2, 0.25) is 0 Å². The lowest BCUT2D eigenvalue weighted by molar-refractivity contribution is -0.122. The Morgan fingerprint density at radius 3 is 2.52 bits per heavy atom. The van der Waals surface area contributed by atoms with Crippen molar-refractivity contribution in [3.63, 3.8) is 0 Å². The molecule has 1 amide bonds. The third-order valence-electron chi connectivity index (χ3n) is 3.51. The fourth-order valence-electron chi connectivity index (χ4n) is 2.23. The van der Waals surface area contributed by atoms with E-state index in [4.69, 9.17) is 5.73 Å². The predicted molar refractivity (Wildman–Crippen MR) is 84.7 cm³/mol. The van der Waals surface area contributed by atoms with Crippen LogP contribution in [0.1, 0.15) is 43.5 Å². The van der Waals surface area contributed by atoms with Gasteiger partial charge in [0.05, 0.1) is 11.7 Å². The molecule has 0 saturated carbocycles. The van der Waals surface area contributed by atoms with Crippen LogP contribution >= 0.6 is 0 Å². The second-order valence-electron chi connectivity index (χ2n) is 5.32. The molecule has 21 heavy (non-hydrogen) atoms. The minimum absolute atomic E-state index is 0.0254. The molecule has 4 heteroatoms. The molecule has 0 aliphatic rings. The number of nitrogens with two attached hydrogens (primary N) is 1. The van der Waals surface area contributed by atoms with Crippen LogP contribution < -0.4 is 11.1 Å². The quantitative estimate of drug-likeness (QED) is 0.829. The molecule has 2 rings (SSSR count). The number of pyridine rings is 1. The van der Waals surface area contributed by atoms with Crippen LogP contribution in [0, 0.1) is 0 Å². The topological polar surface area (TPSA) is 68.0 Å². The summed E-state index contributed by atoms with van der Waals surface area (Å²) in [4.78, 5) is 16.4. The summed E-state index contributed by atoms with van der Waals surface area (Å²) in [6, 6.07) is 13.3. The molecule has 0 fully saturated rings. The van der Waals surface area contributed by atoms with Gasteiger partial charge in [0.25, 0.3) is 0 Å². The van der Waals surface area contributed by atoms with Crippen molar-refractivity contribution in [1.82, 2.24) is 10.3 Å². The van der Waals surface area contributed by atoms with Gasteiger partial charge in [0.2, 0.25) is 5.91 Å². The summed E-state index contributed by atoms with van der Waals surface area (Å²) in [7, 11) is 0. The minimum Gasteiger partial charge on any atom is -0.399 e. The van der Waals surface area contributed by atoms with Crippen molar-refractivity contribution in [3.05, 3.63) is 59.9 Å². The Labute approximate surface area is 125 Å². The van der Waals surface area contributed by atoms with Crippen molar-refractivity contribution >= 4 is 11.6 Å². The second kappa shape index (κ2) is 6.88. The zero-order valence-electron chi connectivity index (χ0n) is 12.4. The summed E-state index contributed by atoms with van der Waals surface area (Å²) >= 11 is 0. The van der Waals surface area contributed by atoms with Gasteiger partial charge in [-0.15, -0.1) is 0 Å². The van der Waals surface area contributed by atoms with Crippen molar-refractivity contribution in [2.24, 2.45) is 0 Å². The highest BCUT2D eigenvalue weighted by molar-refractivity contribution is 5.77. The van der Waals surface area contributed by atoms with E-state index in [2.05, 4.69) is 10.3 Å². The molecule has 2 atom stereocenters. The summed E-state index contributed by atoms with van der Waals surface area (Å²) in [6.07, 6.45) is 2.18. The number of carbonyl (C=O) groups is 1. The van der Waals surface area contributed by atoms with Gasteiger partial charge in [0.15, 0.2) is 0 Å². The largest absolute Gasteiger partial charge is 0.399 e. The molecule has 4 nitrogen and oxygen atoms in total. The van der Waals surface area contributed by atoms with Gasteiger partial charge in [-0.05, 0) is 42.7 Å². The highest BCUT2D eigenvalue weighted by atomic mass is 16.1. The molecule has 1 unspecified atom stereocenters. The standard InChI is InChI=1S/C17H21N3O/c1-12(14-6-8-15(18)9-7-14)11-17(21)20-13(2)16-5-3-4-10-19-16/h3-10,12-13H,11,18H2,1-2H3,(H,20,21)/t12?,13-/m0/s1. The molecule has 0 bridgehead atoms. The number of amides is 1. The molecule has 0 aliphatic heterocycles. The van der Waals surface area contributed by atoms with E-state index >= 15 is 0 Å². The zero-order chi connectivity index (χ0) is 15.2. The number of aromatic nitrogens is 1. The molecule has 1 heterocycles. The Morgan fingerprint density at radius 2 is 1.90 bits per heavy atom. The first kappa shape index (κ1) is 15.0. The number of rotatable bonds is 5. The molecule has 0 radical (unpaired) electrons. The fraction of sp³-hybridized carbons (Fsp3) is 0.294. The van der Waals surface area contributed by atoms with E-state index in [1.807, 2.05) is 56.3 Å². The minimum atomic E-state index is -0.0858. The summed E-state index contributed by atoms with van der Waals surface area (Å²) in [5, 5.41) is 2.98. The van der Waals surface area contributed by atoms with Crippen LogP contribution in [0.3, 0.4) is 0 Å². The van der Waals surface area contributed by atoms with Crippen LogP contribution in [0.5, 0.6) is 0 Å². The number of nitrogens with one attached hydrogen (secondary N) is 1. The van der Waals surface area contributed by atoms with E-state index in [1.54, 1.807) is 6.20 Å². The van der Waals surface area contributed by atoms with Gasteiger partial charge in [-0.25, -0.2) is 0 Å². The van der Waals surface area contributed by atoms with Gasteiger partial charge in [-0.2, -0.15) is 0 Å². The number of nitrogens with zero attached hydrogens (tertiary/aromatic N) is 1. The molecule has 1 aromatic heterocycles. The maximum absolute atomic E-state index is 12.1. The Morgan fingerprint density at radius 1 is 1.19 bits per heavy atom. The highest BCUT2D eigenvalue weighted by Crippen LogP contribution is 2.20. The Kier molecular flexibility index (Phi) is 4.93. The van der Waals surface area contributed by atoms with Crippen LogP contribution in [-0.2, 0) is 4.79 Å². The van der Waals surface area contributed by atoms with Crippen LogP contribution in [0.15, 0.2) is 48.7 Å². The molecular weight excluding hydrogens is 262 g/mol. The number of benzene rings is 1. The molecule has 110 valence electrons. The summed E-state index contributed by atoms with van der Waals surface area (Å²) in [5.41, 5.74) is 8.39. The maximum Gasteiger partial charge on any atom is 0.221 e. The lowest BCUT2D eigenvalue weighted by Gasteiger charge is -2.16. The summed E-state index contributed by atoms with van der Waals surface area (Å²) in [6.45, 7) is 3.98. The van der Waals surface area contributed by atoms with Crippen molar-refractivity contribution in [1.29, 1.82) is 0 Å². The van der Waals surface area contributed by atoms with Gasteiger partial charge < -0.3 is 11.1 Å². The first-order valence-corrected chi connectivity index (χ1v) is 7.12. The Hall–Kier alpha value is -2.36. The molecule has 0 aliphatic carbocycles. The molecule has 1 aromatic carbocycles. The Balaban J connectivity index is 1.91. The van der Waals surface area contributed by atoms with E-state index in [0.717, 1.165) is 16.9 Å². The van der Waals surface area contributed by atoms with Gasteiger partial charge in [-0.1, -0.05) is 25.1 Å². The lowest BCUT2D eigenvalue weighted by atomic mass is 9.97. The number of carbonyl (C=O) groups excluding carboxylic acids is 1. The third-order valence-corrected chi connectivity index (χ3v) is 3.51. The zero-order valence-corrected chi connectivity index (χ0v) is 12.4. The van der Waals surface area contributed by atoms with Crippen LogP contribution in [0.25, 0.3) is 0 Å². The fourth-order valence-corrected chi connectivity index (χ4v) is 2.23. The van der Waals surface area contributed by atoms with E-state index in [9.17, 15) is 4.79 Å². The monoisotopic (exact) mass is 283 g/mol. The number of nitrogen functional groups attached to an aromatic ring is 1. The first-order chi connectivity index (χ1) is 10.1. The molecule has 0 saturated heterocycles. The van der Waals surface area contributed by atoms with Gasteiger partial charge in [-0.3, -0.25) is 9.78 Å². The van der Waals surface area contributed by atoms with Crippen molar-refractivity contribution < 1.29 is 4.79 Å². The van der Waals surface area contributed by atoms with Gasteiger partial charge in [0, 0.05) is 18.3 Å². The van der Waals surface area contributed by atoms with Crippen molar-refractivity contribution in [3.8, 4) is 0 Å². The van der Waals surface area contributed by atoms with E-state index in [-0.39, 0.29) is 17.9 Å². The first-order valence-electron chi connectivity index (χ1n) is 7.12. The predicted octanol–water partition coefficient (Wildman–Crippen LogP) is 3.03. The van der Waals surface area contributed by atoms with E-state index < -0.39 is 0 Å². The van der Waals surface area contributed by atoms with E-state index in [0.29, 0.717) is 6.42 Å². The molecule has 0 spiro atoms. The summed E-state index contributed by atoms with van der Waals surface area (Å²) in [5.74, 6) is 0.180. The SMILES string of the molecule is CC(CC(=O)N[C@@H](C)c1ccccn1)c1ccc(N)cc1. The smallest absolute Gasteiger partial charge is 0.221 e. The average Bonchev–Trinajstić information content (AvgIpc) is 2.48.